The van der Waals surface area contributed by atoms with E-state index in [1.807, 2.05) is 4.90 Å². The Morgan fingerprint density at radius 3 is 2.61 bits per heavy atom. The fourth-order valence-corrected chi connectivity index (χ4v) is 6.10. The van der Waals surface area contributed by atoms with Gasteiger partial charge in [-0.15, -0.1) is 0 Å². The predicted octanol–water partition coefficient (Wildman–Crippen LogP) is 2.09. The summed E-state index contributed by atoms with van der Waals surface area (Å²) in [6.45, 7) is 2.23. The van der Waals surface area contributed by atoms with Crippen molar-refractivity contribution in [1.29, 1.82) is 0 Å². The number of nitrogens with zero attached hydrogens (tertiary/aromatic N) is 2. The van der Waals surface area contributed by atoms with Gasteiger partial charge in [0.15, 0.2) is 0 Å². The summed E-state index contributed by atoms with van der Waals surface area (Å²) in [5, 5.41) is 3.86. The van der Waals surface area contributed by atoms with Crippen LogP contribution in [-0.2, 0) is 19.6 Å². The number of sulfonamides is 1. The van der Waals surface area contributed by atoms with Gasteiger partial charge in [0.25, 0.3) is 0 Å². The molecule has 3 fully saturated rings. The molecular formula is C18H23Cl2N3O4S. The van der Waals surface area contributed by atoms with Gasteiger partial charge in [0.2, 0.25) is 15.9 Å². The van der Waals surface area contributed by atoms with Gasteiger partial charge in [0.1, 0.15) is 0 Å². The Bertz CT molecular complexity index is 866. The van der Waals surface area contributed by atoms with Crippen molar-refractivity contribution in [3.8, 4) is 0 Å². The molecule has 1 N–H and O–H groups in total. The van der Waals surface area contributed by atoms with Crippen molar-refractivity contribution in [3.05, 3.63) is 28.2 Å². The highest BCUT2D eigenvalue weighted by Crippen LogP contribution is 2.34. The molecule has 1 aromatic rings. The van der Waals surface area contributed by atoms with Crippen LogP contribution in [0, 0.1) is 0 Å². The van der Waals surface area contributed by atoms with Crippen LogP contribution in [0.25, 0.3) is 0 Å². The number of benzene rings is 1. The molecule has 1 aromatic carbocycles. The number of carbonyl (C=O) groups excluding carboxylic acids is 1. The lowest BCUT2D eigenvalue weighted by molar-refractivity contribution is -0.133. The van der Waals surface area contributed by atoms with E-state index >= 15 is 0 Å². The summed E-state index contributed by atoms with van der Waals surface area (Å²) in [7, 11) is -3.67. The van der Waals surface area contributed by atoms with Gasteiger partial charge < -0.3 is 9.64 Å². The number of nitrogens with one attached hydrogen (secondary N) is 1. The van der Waals surface area contributed by atoms with E-state index in [-0.39, 0.29) is 28.5 Å². The first kappa shape index (κ1) is 20.4. The zero-order chi connectivity index (χ0) is 19.9. The first-order chi connectivity index (χ1) is 13.3. The van der Waals surface area contributed by atoms with Gasteiger partial charge in [-0.3, -0.25) is 10.1 Å². The first-order valence-electron chi connectivity index (χ1n) is 9.44. The highest BCUT2D eigenvalue weighted by molar-refractivity contribution is 7.89. The highest BCUT2D eigenvalue weighted by atomic mass is 35.5. The average Bonchev–Trinajstić information content (AvgIpc) is 3.29. The Morgan fingerprint density at radius 2 is 1.96 bits per heavy atom. The molecule has 1 spiro atoms. The topological polar surface area (TPSA) is 79.0 Å². The van der Waals surface area contributed by atoms with Gasteiger partial charge in [0.05, 0.1) is 33.3 Å². The highest BCUT2D eigenvalue weighted by Gasteiger charge is 2.49. The molecule has 0 unspecified atom stereocenters. The Balaban J connectivity index is 1.48. The van der Waals surface area contributed by atoms with Crippen molar-refractivity contribution in [2.75, 3.05) is 32.8 Å². The number of amides is 1. The molecule has 0 saturated carbocycles. The Labute approximate surface area is 175 Å². The molecule has 0 bridgehead atoms. The molecule has 1 amide bonds. The zero-order valence-electron chi connectivity index (χ0n) is 15.4. The number of ether oxygens (including phenoxy) is 1. The summed E-state index contributed by atoms with van der Waals surface area (Å²) in [6, 6.07) is 4.34. The van der Waals surface area contributed by atoms with E-state index in [4.69, 9.17) is 27.9 Å². The summed E-state index contributed by atoms with van der Waals surface area (Å²) in [5.41, 5.74) is -0.493. The van der Waals surface area contributed by atoms with Crippen LogP contribution < -0.4 is 5.32 Å². The molecule has 3 heterocycles. The number of halogens is 2. The second-order valence-corrected chi connectivity index (χ2v) is 10.3. The third kappa shape index (κ3) is 3.66. The molecule has 3 aliphatic heterocycles. The molecule has 10 heteroatoms. The summed E-state index contributed by atoms with van der Waals surface area (Å²) in [4.78, 5) is 14.4. The Morgan fingerprint density at radius 1 is 1.21 bits per heavy atom. The lowest BCUT2D eigenvalue weighted by Gasteiger charge is -2.44. The standard InChI is InChI=1S/C18H23Cl2N3O4S/c19-15-4-3-14(10-16(15)20)28(25,26)22-7-5-18(6-8-22)21-11-17(24)23(18)12-13-2-1-9-27-13/h3-4,10,13,21H,1-2,5-9,11-12H2/t13-/m1/s1. The van der Waals surface area contributed by atoms with Crippen molar-refractivity contribution in [2.24, 2.45) is 0 Å². The Kier molecular flexibility index (Phi) is 5.63. The number of hydrogen-bond acceptors (Lipinski definition) is 5. The number of piperidine rings is 1. The summed E-state index contributed by atoms with van der Waals surface area (Å²) >= 11 is 11.9. The maximum atomic E-state index is 13.0. The molecule has 7 nitrogen and oxygen atoms in total. The van der Waals surface area contributed by atoms with Crippen LogP contribution in [0.5, 0.6) is 0 Å². The number of hydrogen-bond donors (Lipinski definition) is 1. The third-order valence-corrected chi connectivity index (χ3v) is 8.51. The molecule has 4 rings (SSSR count). The van der Waals surface area contributed by atoms with Crippen molar-refractivity contribution < 1.29 is 17.9 Å². The minimum absolute atomic E-state index is 0.0521. The predicted molar refractivity (Wildman–Crippen MR) is 106 cm³/mol. The lowest BCUT2D eigenvalue weighted by Crippen LogP contribution is -2.60. The van der Waals surface area contributed by atoms with E-state index in [1.165, 1.54) is 22.5 Å². The molecule has 28 heavy (non-hydrogen) atoms. The van der Waals surface area contributed by atoms with Crippen LogP contribution in [0.3, 0.4) is 0 Å². The maximum absolute atomic E-state index is 13.0. The molecule has 0 aromatic heterocycles. The van der Waals surface area contributed by atoms with Gasteiger partial charge in [0, 0.05) is 26.2 Å². The minimum atomic E-state index is -3.67. The number of rotatable bonds is 4. The van der Waals surface area contributed by atoms with E-state index in [9.17, 15) is 13.2 Å². The quantitative estimate of drug-likeness (QED) is 0.763. The van der Waals surface area contributed by atoms with Crippen molar-refractivity contribution in [2.45, 2.75) is 42.3 Å². The van der Waals surface area contributed by atoms with Gasteiger partial charge in [-0.05, 0) is 43.9 Å². The first-order valence-corrected chi connectivity index (χ1v) is 11.6. The molecule has 154 valence electrons. The van der Waals surface area contributed by atoms with Gasteiger partial charge in [-0.2, -0.15) is 4.31 Å². The monoisotopic (exact) mass is 447 g/mol. The van der Waals surface area contributed by atoms with Crippen LogP contribution in [0.4, 0.5) is 0 Å². The van der Waals surface area contributed by atoms with Crippen LogP contribution >= 0.6 is 23.2 Å². The van der Waals surface area contributed by atoms with E-state index in [0.717, 1.165) is 19.4 Å². The summed E-state index contributed by atoms with van der Waals surface area (Å²) in [5.74, 6) is 0.0521. The van der Waals surface area contributed by atoms with Crippen LogP contribution in [0.15, 0.2) is 23.1 Å². The minimum Gasteiger partial charge on any atom is -0.376 e. The summed E-state index contributed by atoms with van der Waals surface area (Å²) < 4.78 is 33.1. The largest absolute Gasteiger partial charge is 0.376 e. The lowest BCUT2D eigenvalue weighted by atomic mass is 9.97. The van der Waals surface area contributed by atoms with Gasteiger partial charge >= 0.3 is 0 Å². The van der Waals surface area contributed by atoms with Crippen LogP contribution in [0.1, 0.15) is 25.7 Å². The van der Waals surface area contributed by atoms with E-state index in [2.05, 4.69) is 5.32 Å². The SMILES string of the molecule is O=C1CNC2(CCN(S(=O)(=O)c3ccc(Cl)c(Cl)c3)CC2)N1C[C@H]1CCCO1. The molecule has 3 saturated heterocycles. The van der Waals surface area contributed by atoms with Gasteiger partial charge in [-0.1, -0.05) is 23.2 Å². The summed E-state index contributed by atoms with van der Waals surface area (Å²) in [6.07, 6.45) is 3.11. The van der Waals surface area contributed by atoms with Crippen molar-refractivity contribution in [3.63, 3.8) is 0 Å². The molecule has 3 aliphatic rings. The van der Waals surface area contributed by atoms with Crippen LogP contribution in [0.2, 0.25) is 10.0 Å². The molecular weight excluding hydrogens is 425 g/mol. The van der Waals surface area contributed by atoms with Crippen molar-refractivity contribution >= 4 is 39.1 Å². The fraction of sp³-hybridized carbons (Fsp3) is 0.611. The second kappa shape index (κ2) is 7.74. The zero-order valence-corrected chi connectivity index (χ0v) is 17.7. The van der Waals surface area contributed by atoms with Gasteiger partial charge in [-0.25, -0.2) is 8.42 Å². The maximum Gasteiger partial charge on any atom is 0.243 e. The smallest absolute Gasteiger partial charge is 0.243 e. The molecule has 0 aliphatic carbocycles. The number of carbonyl (C=O) groups is 1. The van der Waals surface area contributed by atoms with E-state index < -0.39 is 15.7 Å². The Hall–Kier alpha value is -0.900. The van der Waals surface area contributed by atoms with Crippen molar-refractivity contribution in [1.82, 2.24) is 14.5 Å². The third-order valence-electron chi connectivity index (χ3n) is 5.88. The van der Waals surface area contributed by atoms with Crippen LogP contribution in [-0.4, -0.2) is 68.1 Å². The fourth-order valence-electron chi connectivity index (χ4n) is 4.27. The molecule has 0 radical (unpaired) electrons. The van der Waals surface area contributed by atoms with E-state index in [1.54, 1.807) is 0 Å². The second-order valence-electron chi connectivity index (χ2n) is 7.50. The molecule has 1 atom stereocenters. The average molecular weight is 448 g/mol. The van der Waals surface area contributed by atoms with E-state index in [0.29, 0.717) is 37.5 Å². The normalized spacial score (nSPS) is 25.7.